The van der Waals surface area contributed by atoms with Gasteiger partial charge in [-0.1, -0.05) is 0 Å². The first-order valence-electron chi connectivity index (χ1n) is 6.89. The maximum atomic E-state index is 9.05. The van der Waals surface area contributed by atoms with E-state index in [9.17, 15) is 0 Å². The molecule has 0 amide bonds. The van der Waals surface area contributed by atoms with Crippen molar-refractivity contribution in [3.05, 3.63) is 41.5 Å². The molecule has 0 aliphatic heterocycles. The average molecular weight is 260 g/mol. The molecule has 0 radical (unpaired) electrons. The van der Waals surface area contributed by atoms with Gasteiger partial charge in [0.2, 0.25) is 0 Å². The van der Waals surface area contributed by atoms with Crippen LogP contribution in [-0.2, 0) is 19.5 Å². The molecule has 2 heterocycles. The second-order valence-electron chi connectivity index (χ2n) is 5.04. The van der Waals surface area contributed by atoms with Crippen LogP contribution in [0.4, 0.5) is 0 Å². The third-order valence-electron chi connectivity index (χ3n) is 3.79. The minimum atomic E-state index is 0.148. The summed E-state index contributed by atoms with van der Waals surface area (Å²) in [4.78, 5) is 3.07. The first-order valence-corrected chi connectivity index (χ1v) is 6.89. The molecule has 102 valence electrons. The van der Waals surface area contributed by atoms with E-state index in [0.717, 1.165) is 19.4 Å². The van der Waals surface area contributed by atoms with Crippen molar-refractivity contribution in [3.63, 3.8) is 0 Å². The number of aromatic amines is 1. The smallest absolute Gasteiger partial charge is 0.0644 e. The van der Waals surface area contributed by atoms with Gasteiger partial charge in [0.05, 0.1) is 19.3 Å². The molecule has 2 aromatic heterocycles. The second kappa shape index (κ2) is 5.59. The van der Waals surface area contributed by atoms with Crippen molar-refractivity contribution in [2.75, 3.05) is 6.61 Å². The molecule has 0 bridgehead atoms. The Kier molecular flexibility index (Phi) is 3.66. The molecule has 3 N–H and O–H groups in total. The number of hydrogen-bond donors (Lipinski definition) is 3. The molecule has 5 nitrogen and oxygen atoms in total. The Labute approximate surface area is 112 Å². The van der Waals surface area contributed by atoms with Crippen LogP contribution in [0.25, 0.3) is 0 Å². The van der Waals surface area contributed by atoms with Crippen LogP contribution in [0.15, 0.2) is 24.7 Å². The quantitative estimate of drug-likeness (QED) is 0.760. The van der Waals surface area contributed by atoms with Gasteiger partial charge in [0.25, 0.3) is 0 Å². The number of fused-ring (bicyclic) bond motifs is 1. The van der Waals surface area contributed by atoms with Crippen LogP contribution in [0, 0.1) is 0 Å². The lowest BCUT2D eigenvalue weighted by Gasteiger charge is -2.24. The molecule has 2 aromatic rings. The van der Waals surface area contributed by atoms with Crippen molar-refractivity contribution in [2.45, 2.75) is 38.4 Å². The Bertz CT molecular complexity index is 518. The zero-order valence-corrected chi connectivity index (χ0v) is 11.0. The molecule has 1 unspecified atom stereocenters. The van der Waals surface area contributed by atoms with Crippen molar-refractivity contribution >= 4 is 0 Å². The normalized spacial score (nSPS) is 18.5. The standard InChI is InChI=1S/C14H20N4O/c19-7-6-18-14-3-1-2-13(12(14)10-17-18)16-9-11-4-5-15-8-11/h4-5,8,10,13,15-16,19H,1-3,6-7,9H2. The van der Waals surface area contributed by atoms with Gasteiger partial charge in [0.1, 0.15) is 0 Å². The van der Waals surface area contributed by atoms with Crippen molar-refractivity contribution in [2.24, 2.45) is 0 Å². The van der Waals surface area contributed by atoms with Gasteiger partial charge < -0.3 is 15.4 Å². The molecule has 1 aliphatic carbocycles. The summed E-state index contributed by atoms with van der Waals surface area (Å²) in [5, 5.41) is 17.0. The SMILES string of the molecule is OCCn1ncc2c1CCCC2NCc1cc[nH]c1. The van der Waals surface area contributed by atoms with Crippen molar-refractivity contribution in [1.82, 2.24) is 20.1 Å². The summed E-state index contributed by atoms with van der Waals surface area (Å²) in [5.41, 5.74) is 3.86. The number of hydrogen-bond acceptors (Lipinski definition) is 3. The molecule has 1 atom stereocenters. The van der Waals surface area contributed by atoms with E-state index in [0.29, 0.717) is 12.6 Å². The highest BCUT2D eigenvalue weighted by molar-refractivity contribution is 5.25. The lowest BCUT2D eigenvalue weighted by molar-refractivity contribution is 0.266. The van der Waals surface area contributed by atoms with E-state index in [4.69, 9.17) is 5.11 Å². The second-order valence-corrected chi connectivity index (χ2v) is 5.04. The van der Waals surface area contributed by atoms with Gasteiger partial charge >= 0.3 is 0 Å². The zero-order chi connectivity index (χ0) is 13.1. The lowest BCUT2D eigenvalue weighted by Crippen LogP contribution is -2.25. The number of H-pyrrole nitrogens is 1. The highest BCUT2D eigenvalue weighted by Crippen LogP contribution is 2.29. The van der Waals surface area contributed by atoms with Crippen LogP contribution >= 0.6 is 0 Å². The van der Waals surface area contributed by atoms with Crippen LogP contribution in [0.1, 0.15) is 35.7 Å². The molecule has 1 aliphatic rings. The van der Waals surface area contributed by atoms with Gasteiger partial charge in [-0.05, 0) is 30.9 Å². The van der Waals surface area contributed by atoms with Crippen LogP contribution in [-0.4, -0.2) is 26.5 Å². The van der Waals surface area contributed by atoms with Gasteiger partial charge in [-0.15, -0.1) is 0 Å². The summed E-state index contributed by atoms with van der Waals surface area (Å²) in [6.07, 6.45) is 9.32. The number of aromatic nitrogens is 3. The Morgan fingerprint density at radius 1 is 1.53 bits per heavy atom. The maximum absolute atomic E-state index is 9.05. The summed E-state index contributed by atoms with van der Waals surface area (Å²) in [6, 6.07) is 2.47. The first-order chi connectivity index (χ1) is 9.38. The Morgan fingerprint density at radius 2 is 2.47 bits per heavy atom. The predicted molar refractivity (Wildman–Crippen MR) is 72.6 cm³/mol. The van der Waals surface area contributed by atoms with E-state index in [1.54, 1.807) is 0 Å². The van der Waals surface area contributed by atoms with E-state index in [2.05, 4.69) is 21.5 Å². The van der Waals surface area contributed by atoms with Crippen LogP contribution < -0.4 is 5.32 Å². The van der Waals surface area contributed by atoms with Crippen molar-refractivity contribution in [1.29, 1.82) is 0 Å². The van der Waals surface area contributed by atoms with Crippen molar-refractivity contribution in [3.8, 4) is 0 Å². The molecule has 0 fully saturated rings. The molecule has 19 heavy (non-hydrogen) atoms. The number of aliphatic hydroxyl groups excluding tert-OH is 1. The fraction of sp³-hybridized carbons (Fsp3) is 0.500. The van der Waals surface area contributed by atoms with Crippen molar-refractivity contribution < 1.29 is 5.11 Å². The Balaban J connectivity index is 1.71. The highest BCUT2D eigenvalue weighted by Gasteiger charge is 2.23. The predicted octanol–water partition coefficient (Wildman–Crippen LogP) is 1.37. The lowest BCUT2D eigenvalue weighted by atomic mass is 9.93. The van der Waals surface area contributed by atoms with Gasteiger partial charge in [-0.2, -0.15) is 5.10 Å². The fourth-order valence-corrected chi connectivity index (χ4v) is 2.83. The third-order valence-corrected chi connectivity index (χ3v) is 3.79. The minimum absolute atomic E-state index is 0.148. The molecular weight excluding hydrogens is 240 g/mol. The molecule has 0 saturated heterocycles. The number of rotatable bonds is 5. The van der Waals surface area contributed by atoms with Crippen LogP contribution in [0.5, 0.6) is 0 Å². The molecule has 0 aromatic carbocycles. The molecule has 3 rings (SSSR count). The van der Waals surface area contributed by atoms with Gasteiger partial charge in [0, 0.05) is 36.2 Å². The molecule has 5 heteroatoms. The van der Waals surface area contributed by atoms with E-state index in [-0.39, 0.29) is 6.61 Å². The van der Waals surface area contributed by atoms with Gasteiger partial charge in [-0.3, -0.25) is 4.68 Å². The Hall–Kier alpha value is -1.59. The van der Waals surface area contributed by atoms with Crippen LogP contribution in [0.2, 0.25) is 0 Å². The van der Waals surface area contributed by atoms with Crippen LogP contribution in [0.3, 0.4) is 0 Å². The summed E-state index contributed by atoms with van der Waals surface area (Å²) in [5.74, 6) is 0. The Morgan fingerprint density at radius 3 is 3.26 bits per heavy atom. The molecular formula is C14H20N4O. The largest absolute Gasteiger partial charge is 0.394 e. The van der Waals surface area contributed by atoms with E-state index in [1.165, 1.54) is 23.2 Å². The molecule has 0 saturated carbocycles. The van der Waals surface area contributed by atoms with Gasteiger partial charge in [0.15, 0.2) is 0 Å². The number of aliphatic hydroxyl groups is 1. The average Bonchev–Trinajstić information content (AvgIpc) is 3.07. The number of nitrogens with zero attached hydrogens (tertiary/aromatic N) is 2. The summed E-state index contributed by atoms with van der Waals surface area (Å²) >= 11 is 0. The third kappa shape index (κ3) is 2.57. The summed E-state index contributed by atoms with van der Waals surface area (Å²) in [7, 11) is 0. The molecule has 0 spiro atoms. The summed E-state index contributed by atoms with van der Waals surface area (Å²) < 4.78 is 1.94. The van der Waals surface area contributed by atoms with E-state index < -0.39 is 0 Å². The van der Waals surface area contributed by atoms with Gasteiger partial charge in [-0.25, -0.2) is 0 Å². The maximum Gasteiger partial charge on any atom is 0.0644 e. The summed E-state index contributed by atoms with van der Waals surface area (Å²) in [6.45, 7) is 1.62. The zero-order valence-electron chi connectivity index (χ0n) is 11.0. The highest BCUT2D eigenvalue weighted by atomic mass is 16.3. The number of nitrogens with one attached hydrogen (secondary N) is 2. The topological polar surface area (TPSA) is 65.9 Å². The monoisotopic (exact) mass is 260 g/mol. The van der Waals surface area contributed by atoms with E-state index >= 15 is 0 Å². The minimum Gasteiger partial charge on any atom is -0.394 e. The first kappa shape index (κ1) is 12.4. The fourth-order valence-electron chi connectivity index (χ4n) is 2.83. The van der Waals surface area contributed by atoms with E-state index in [1.807, 2.05) is 23.3 Å².